The Morgan fingerprint density at radius 1 is 1.26 bits per heavy atom. The van der Waals surface area contributed by atoms with Gasteiger partial charge in [0, 0.05) is 4.47 Å². The first-order valence-electron chi connectivity index (χ1n) is 7.39. The summed E-state index contributed by atoms with van der Waals surface area (Å²) in [5.41, 5.74) is 1.16. The van der Waals surface area contributed by atoms with E-state index in [1.807, 2.05) is 19.1 Å². The van der Waals surface area contributed by atoms with Crippen LogP contribution in [0.3, 0.4) is 0 Å². The summed E-state index contributed by atoms with van der Waals surface area (Å²) in [7, 11) is 0. The second-order valence-corrected chi connectivity index (χ2v) is 7.91. The minimum Gasteiger partial charge on any atom is -0.482 e. The number of thiocarbonyl (C=S) groups is 1. The first kappa shape index (κ1) is 21.6. The number of aromatic carboxylic acids is 1. The molecule has 0 aliphatic heterocycles. The van der Waals surface area contributed by atoms with Crippen LogP contribution in [0.4, 0.5) is 5.69 Å². The van der Waals surface area contributed by atoms with Crippen LogP contribution in [0.5, 0.6) is 5.75 Å². The number of ether oxygens (including phenoxy) is 1. The Hall–Kier alpha value is -1.68. The van der Waals surface area contributed by atoms with Crippen molar-refractivity contribution in [2.24, 2.45) is 0 Å². The van der Waals surface area contributed by atoms with Gasteiger partial charge in [0.1, 0.15) is 5.75 Å². The lowest BCUT2D eigenvalue weighted by molar-refractivity contribution is -0.121. The summed E-state index contributed by atoms with van der Waals surface area (Å²) >= 11 is 17.8. The van der Waals surface area contributed by atoms with Gasteiger partial charge in [0.2, 0.25) is 0 Å². The molecule has 2 rings (SSSR count). The Labute approximate surface area is 182 Å². The second kappa shape index (κ2) is 9.50. The second-order valence-electron chi connectivity index (χ2n) is 5.32. The van der Waals surface area contributed by atoms with E-state index in [2.05, 4.69) is 42.5 Å². The summed E-state index contributed by atoms with van der Waals surface area (Å²) in [6, 6.07) is 7.78. The van der Waals surface area contributed by atoms with Crippen molar-refractivity contribution in [3.05, 3.63) is 55.4 Å². The molecule has 0 radical (unpaired) electrons. The number of carboxylic acids is 1. The lowest BCUT2D eigenvalue weighted by Gasteiger charge is -2.13. The number of benzene rings is 2. The fourth-order valence-electron chi connectivity index (χ4n) is 2.08. The Balaban J connectivity index is 1.96. The maximum absolute atomic E-state index is 12.1. The van der Waals surface area contributed by atoms with Crippen molar-refractivity contribution in [3.8, 4) is 5.75 Å². The summed E-state index contributed by atoms with van der Waals surface area (Å²) < 4.78 is 7.13. The zero-order chi connectivity index (χ0) is 20.1. The van der Waals surface area contributed by atoms with E-state index in [0.717, 1.165) is 10.0 Å². The van der Waals surface area contributed by atoms with E-state index in [9.17, 15) is 9.59 Å². The molecule has 3 N–H and O–H groups in total. The average molecular weight is 537 g/mol. The van der Waals surface area contributed by atoms with Crippen LogP contribution >= 0.6 is 55.7 Å². The van der Waals surface area contributed by atoms with Crippen molar-refractivity contribution in [1.82, 2.24) is 5.32 Å². The molecule has 0 unspecified atom stereocenters. The predicted molar refractivity (Wildman–Crippen MR) is 115 cm³/mol. The normalized spacial score (nSPS) is 10.2. The number of amides is 1. The van der Waals surface area contributed by atoms with Gasteiger partial charge in [-0.15, -0.1) is 0 Å². The van der Waals surface area contributed by atoms with E-state index in [1.54, 1.807) is 0 Å². The van der Waals surface area contributed by atoms with Crippen LogP contribution in [0, 0.1) is 6.92 Å². The lowest BCUT2D eigenvalue weighted by Crippen LogP contribution is -2.37. The van der Waals surface area contributed by atoms with Gasteiger partial charge in [0.25, 0.3) is 5.91 Å². The van der Waals surface area contributed by atoms with Gasteiger partial charge in [-0.25, -0.2) is 4.79 Å². The largest absolute Gasteiger partial charge is 0.482 e. The molecule has 0 atom stereocenters. The number of anilines is 1. The molecular weight excluding hydrogens is 524 g/mol. The number of hydrogen-bond donors (Lipinski definition) is 3. The maximum Gasteiger partial charge on any atom is 0.335 e. The SMILES string of the molecule is Cc1cc(Br)cc(Br)c1OCC(=O)NC(=S)Nc1cc(C(=O)O)ccc1Cl. The molecule has 0 spiro atoms. The predicted octanol–water partition coefficient (Wildman–Crippen LogP) is 4.76. The third-order valence-electron chi connectivity index (χ3n) is 3.26. The minimum atomic E-state index is -1.10. The van der Waals surface area contributed by atoms with Gasteiger partial charge < -0.3 is 15.2 Å². The van der Waals surface area contributed by atoms with Gasteiger partial charge in [-0.3, -0.25) is 10.1 Å². The van der Waals surface area contributed by atoms with Gasteiger partial charge in [-0.1, -0.05) is 27.5 Å². The molecule has 0 fully saturated rings. The molecule has 2 aromatic carbocycles. The summed E-state index contributed by atoms with van der Waals surface area (Å²) in [6.45, 7) is 1.60. The third-order valence-corrected chi connectivity index (χ3v) is 4.84. The van der Waals surface area contributed by atoms with Crippen molar-refractivity contribution in [1.29, 1.82) is 0 Å². The van der Waals surface area contributed by atoms with Gasteiger partial charge in [-0.2, -0.15) is 0 Å². The van der Waals surface area contributed by atoms with Crippen molar-refractivity contribution in [2.75, 3.05) is 11.9 Å². The van der Waals surface area contributed by atoms with Gasteiger partial charge in [0.15, 0.2) is 11.7 Å². The molecule has 1 amide bonds. The molecule has 142 valence electrons. The number of aryl methyl sites for hydroxylation is 1. The average Bonchev–Trinajstić information content (AvgIpc) is 2.55. The van der Waals surface area contributed by atoms with Crippen molar-refractivity contribution < 1.29 is 19.4 Å². The minimum absolute atomic E-state index is 0.0281. The van der Waals surface area contributed by atoms with E-state index in [-0.39, 0.29) is 28.0 Å². The van der Waals surface area contributed by atoms with Gasteiger partial charge in [0.05, 0.1) is 20.7 Å². The first-order valence-corrected chi connectivity index (χ1v) is 9.76. The molecule has 6 nitrogen and oxygen atoms in total. The molecule has 10 heteroatoms. The number of nitrogens with one attached hydrogen (secondary N) is 2. The molecular formula is C17H13Br2ClN2O4S. The monoisotopic (exact) mass is 534 g/mol. The van der Waals surface area contributed by atoms with Crippen molar-refractivity contribution in [3.63, 3.8) is 0 Å². The number of rotatable bonds is 5. The molecule has 0 aliphatic rings. The van der Waals surface area contributed by atoms with Crippen LogP contribution in [0.15, 0.2) is 39.3 Å². The molecule has 0 saturated carbocycles. The van der Waals surface area contributed by atoms with Crippen LogP contribution in [0.1, 0.15) is 15.9 Å². The van der Waals surface area contributed by atoms with E-state index in [0.29, 0.717) is 10.2 Å². The molecule has 0 aliphatic carbocycles. The molecule has 2 aromatic rings. The third kappa shape index (κ3) is 6.17. The number of hydrogen-bond acceptors (Lipinski definition) is 4. The number of carboxylic acid groups (broad SMARTS) is 1. The van der Waals surface area contributed by atoms with Crippen LogP contribution in [0.2, 0.25) is 5.02 Å². The highest BCUT2D eigenvalue weighted by molar-refractivity contribution is 9.11. The Morgan fingerprint density at radius 2 is 1.96 bits per heavy atom. The molecule has 0 heterocycles. The highest BCUT2D eigenvalue weighted by Gasteiger charge is 2.12. The summed E-state index contributed by atoms with van der Waals surface area (Å²) in [6.07, 6.45) is 0. The topological polar surface area (TPSA) is 87.7 Å². The Bertz CT molecular complexity index is 901. The molecule has 27 heavy (non-hydrogen) atoms. The van der Waals surface area contributed by atoms with Crippen molar-refractivity contribution in [2.45, 2.75) is 6.92 Å². The van der Waals surface area contributed by atoms with E-state index < -0.39 is 11.9 Å². The summed E-state index contributed by atoms with van der Waals surface area (Å²) in [4.78, 5) is 23.1. The maximum atomic E-state index is 12.1. The summed E-state index contributed by atoms with van der Waals surface area (Å²) in [5, 5.41) is 14.4. The van der Waals surface area contributed by atoms with E-state index >= 15 is 0 Å². The number of carbonyl (C=O) groups excluding carboxylic acids is 1. The Kier molecular flexibility index (Phi) is 7.60. The fraction of sp³-hybridized carbons (Fsp3) is 0.118. The van der Waals surface area contributed by atoms with Gasteiger partial charge in [-0.05, 0) is 71.0 Å². The first-order chi connectivity index (χ1) is 12.7. The molecule has 0 aromatic heterocycles. The van der Waals surface area contributed by atoms with Crippen LogP contribution in [-0.2, 0) is 4.79 Å². The van der Waals surface area contributed by atoms with Gasteiger partial charge >= 0.3 is 5.97 Å². The molecule has 0 bridgehead atoms. The van der Waals surface area contributed by atoms with Crippen LogP contribution < -0.4 is 15.4 Å². The standard InChI is InChI=1S/C17H13Br2ClN2O4S/c1-8-4-10(18)6-11(19)15(8)26-7-14(23)22-17(27)21-13-5-9(16(24)25)2-3-12(13)20/h2-6H,7H2,1H3,(H,24,25)(H2,21,22,23,27). The fourth-order valence-corrected chi connectivity index (χ4v) is 4.02. The van der Waals surface area contributed by atoms with E-state index in [4.69, 9.17) is 33.7 Å². The smallest absolute Gasteiger partial charge is 0.335 e. The number of carbonyl (C=O) groups is 2. The lowest BCUT2D eigenvalue weighted by atomic mass is 10.2. The Morgan fingerprint density at radius 3 is 2.59 bits per heavy atom. The zero-order valence-electron chi connectivity index (χ0n) is 13.8. The highest BCUT2D eigenvalue weighted by atomic mass is 79.9. The molecule has 0 saturated heterocycles. The van der Waals surface area contributed by atoms with Crippen molar-refractivity contribution >= 4 is 78.4 Å². The summed E-state index contributed by atoms with van der Waals surface area (Å²) in [5.74, 6) is -1.04. The zero-order valence-corrected chi connectivity index (χ0v) is 18.6. The van der Waals surface area contributed by atoms with E-state index in [1.165, 1.54) is 18.2 Å². The highest BCUT2D eigenvalue weighted by Crippen LogP contribution is 2.32. The van der Waals surface area contributed by atoms with Crippen LogP contribution in [-0.4, -0.2) is 28.7 Å². The number of halogens is 3. The van der Waals surface area contributed by atoms with Crippen LogP contribution in [0.25, 0.3) is 0 Å². The quantitative estimate of drug-likeness (QED) is 0.478.